The fourth-order valence-corrected chi connectivity index (χ4v) is 2.38. The van der Waals surface area contributed by atoms with Gasteiger partial charge >= 0.3 is 0 Å². The first kappa shape index (κ1) is 20.5. The Labute approximate surface area is 162 Å². The summed E-state index contributed by atoms with van der Waals surface area (Å²) in [5, 5.41) is 19.7. The molecule has 0 saturated carbocycles. The maximum absolute atomic E-state index is 11.7. The smallest absolute Gasteiger partial charge is 0.218 e. The first-order valence-electron chi connectivity index (χ1n) is 8.20. The molecule has 0 aliphatic carbocycles. The first-order valence-corrected chi connectivity index (χ1v) is 8.58. The van der Waals surface area contributed by atoms with Gasteiger partial charge in [0, 0.05) is 24.2 Å². The second-order valence-electron chi connectivity index (χ2n) is 6.01. The van der Waals surface area contributed by atoms with Crippen LogP contribution in [0.3, 0.4) is 0 Å². The minimum absolute atomic E-state index is 0.120. The second kappa shape index (κ2) is 8.75. The fourth-order valence-electron chi connectivity index (χ4n) is 2.33. The maximum atomic E-state index is 11.7. The van der Waals surface area contributed by atoms with Gasteiger partial charge in [-0.3, -0.25) is 14.7 Å². The quantitative estimate of drug-likeness (QED) is 0.443. The van der Waals surface area contributed by atoms with Crippen LogP contribution in [0.25, 0.3) is 11.4 Å². The lowest BCUT2D eigenvalue weighted by atomic mass is 10.1. The lowest BCUT2D eigenvalue weighted by Gasteiger charge is -2.21. The fraction of sp³-hybridized carbons (Fsp3) is 0.263. The van der Waals surface area contributed by atoms with Crippen LogP contribution in [-0.4, -0.2) is 31.6 Å². The molecule has 0 radical (unpaired) electrons. The summed E-state index contributed by atoms with van der Waals surface area (Å²) < 4.78 is 0. The van der Waals surface area contributed by atoms with Crippen molar-refractivity contribution in [3.8, 4) is 11.4 Å². The van der Waals surface area contributed by atoms with Gasteiger partial charge in [-0.25, -0.2) is 9.97 Å². The van der Waals surface area contributed by atoms with Gasteiger partial charge in [0.1, 0.15) is 11.9 Å². The molecule has 1 unspecified atom stereocenters. The Morgan fingerprint density at radius 2 is 2.00 bits per heavy atom. The summed E-state index contributed by atoms with van der Waals surface area (Å²) >= 11 is 5.78. The number of pyridine rings is 1. The molecule has 1 amide bonds. The predicted octanol–water partition coefficient (Wildman–Crippen LogP) is 3.80. The van der Waals surface area contributed by atoms with Crippen molar-refractivity contribution in [2.24, 2.45) is 0 Å². The van der Waals surface area contributed by atoms with E-state index in [1.807, 2.05) is 6.92 Å². The molecule has 7 nitrogen and oxygen atoms in total. The number of aryl methyl sites for hydroxylation is 1. The van der Waals surface area contributed by atoms with Gasteiger partial charge in [0.25, 0.3) is 0 Å². The molecule has 2 aromatic heterocycles. The van der Waals surface area contributed by atoms with Crippen LogP contribution >= 0.6 is 11.6 Å². The zero-order valence-corrected chi connectivity index (χ0v) is 16.3. The number of aliphatic hydroxyl groups excluding tert-OH is 2. The summed E-state index contributed by atoms with van der Waals surface area (Å²) in [5.41, 5.74) is 2.87. The number of carbonyl (C=O) groups excluding carboxylic acids is 1. The van der Waals surface area contributed by atoms with E-state index >= 15 is 0 Å². The molecular weight excluding hydrogens is 368 g/mol. The van der Waals surface area contributed by atoms with E-state index in [9.17, 15) is 15.0 Å². The van der Waals surface area contributed by atoms with Crippen molar-refractivity contribution in [2.45, 2.75) is 33.8 Å². The Bertz CT molecular complexity index is 906. The number of aliphatic hydroxyl groups is 2. The van der Waals surface area contributed by atoms with Gasteiger partial charge in [0.15, 0.2) is 5.82 Å². The highest BCUT2D eigenvalue weighted by Gasteiger charge is 2.15. The van der Waals surface area contributed by atoms with Gasteiger partial charge in [-0.1, -0.05) is 11.6 Å². The lowest BCUT2D eigenvalue weighted by Crippen LogP contribution is -2.20. The number of aromatic nitrogens is 3. The monoisotopic (exact) mass is 388 g/mol. The Morgan fingerprint density at radius 1 is 1.30 bits per heavy atom. The minimum Gasteiger partial charge on any atom is -0.507 e. The normalized spacial score (nSPS) is 13.8. The Balaban J connectivity index is 2.52. The summed E-state index contributed by atoms with van der Waals surface area (Å²) in [5.74, 6) is 0.165. The molecule has 142 valence electrons. The van der Waals surface area contributed by atoms with Gasteiger partial charge in [0.05, 0.1) is 22.1 Å². The average molecular weight is 389 g/mol. The molecular formula is C19H21ClN4O3. The van der Waals surface area contributed by atoms with Gasteiger partial charge in [-0.05, 0) is 45.4 Å². The van der Waals surface area contributed by atoms with Crippen LogP contribution in [0.2, 0.25) is 0 Å². The number of hydrogen-bond donors (Lipinski definition) is 2. The van der Waals surface area contributed by atoms with Crippen LogP contribution < -0.4 is 4.90 Å². The van der Waals surface area contributed by atoms with Gasteiger partial charge in [-0.2, -0.15) is 0 Å². The Hall–Kier alpha value is -2.77. The number of amides is 1. The van der Waals surface area contributed by atoms with Crippen molar-refractivity contribution in [3.63, 3.8) is 0 Å². The highest BCUT2D eigenvalue weighted by atomic mass is 35.5. The number of rotatable bonds is 6. The van der Waals surface area contributed by atoms with E-state index in [1.165, 1.54) is 11.0 Å². The van der Waals surface area contributed by atoms with Crippen LogP contribution in [0, 0.1) is 6.92 Å². The number of nitrogens with zero attached hydrogens (tertiary/aromatic N) is 4. The number of carbonyl (C=O) groups is 1. The zero-order valence-electron chi connectivity index (χ0n) is 15.5. The molecule has 2 aromatic rings. The van der Waals surface area contributed by atoms with Gasteiger partial charge < -0.3 is 10.2 Å². The minimum atomic E-state index is -0.805. The molecule has 8 heteroatoms. The van der Waals surface area contributed by atoms with Crippen LogP contribution in [-0.2, 0) is 4.79 Å². The van der Waals surface area contributed by atoms with Crippen molar-refractivity contribution in [2.75, 3.05) is 4.90 Å². The molecule has 2 N–H and O–H groups in total. The van der Waals surface area contributed by atoms with Crippen molar-refractivity contribution < 1.29 is 15.0 Å². The molecule has 0 aromatic carbocycles. The van der Waals surface area contributed by atoms with E-state index in [1.54, 1.807) is 45.3 Å². The third-order valence-corrected chi connectivity index (χ3v) is 4.02. The molecule has 0 aliphatic rings. The van der Waals surface area contributed by atoms with Crippen LogP contribution in [0.4, 0.5) is 5.69 Å². The standard InChI is InChI=1S/C19H21ClN4O3/c1-11-9-22-16(15-5-6-21-19(23-15)14(4)26)8-17(11)24(10-25)12(2)7-18(27)13(3)20/h5-10,14,26-27H,1-4H3/b12-7-,18-13-. The number of hydrogen-bond acceptors (Lipinski definition) is 6. The molecule has 2 rings (SSSR count). The number of anilines is 1. The molecule has 0 saturated heterocycles. The summed E-state index contributed by atoms with van der Waals surface area (Å²) in [6.45, 7) is 6.63. The van der Waals surface area contributed by atoms with Crippen LogP contribution in [0.1, 0.15) is 38.3 Å². The van der Waals surface area contributed by atoms with Crippen molar-refractivity contribution in [3.05, 3.63) is 58.5 Å². The number of allylic oxidation sites excluding steroid dienone is 3. The van der Waals surface area contributed by atoms with E-state index in [4.69, 9.17) is 11.6 Å². The second-order valence-corrected chi connectivity index (χ2v) is 6.58. The molecule has 1 atom stereocenters. The average Bonchev–Trinajstić information content (AvgIpc) is 2.63. The van der Waals surface area contributed by atoms with Crippen LogP contribution in [0.15, 0.2) is 47.1 Å². The number of halogens is 1. The maximum Gasteiger partial charge on any atom is 0.218 e. The van der Waals surface area contributed by atoms with E-state index < -0.39 is 6.10 Å². The zero-order chi connectivity index (χ0) is 20.1. The van der Waals surface area contributed by atoms with E-state index in [-0.39, 0.29) is 16.6 Å². The summed E-state index contributed by atoms with van der Waals surface area (Å²) in [7, 11) is 0. The molecule has 0 spiro atoms. The topological polar surface area (TPSA) is 99.4 Å². The molecule has 0 bridgehead atoms. The van der Waals surface area contributed by atoms with E-state index in [2.05, 4.69) is 15.0 Å². The first-order chi connectivity index (χ1) is 12.7. The predicted molar refractivity (Wildman–Crippen MR) is 104 cm³/mol. The summed E-state index contributed by atoms with van der Waals surface area (Å²) in [6.07, 6.45) is 4.42. The van der Waals surface area contributed by atoms with E-state index in [0.717, 1.165) is 5.56 Å². The van der Waals surface area contributed by atoms with E-state index in [0.29, 0.717) is 29.2 Å². The van der Waals surface area contributed by atoms with Gasteiger partial charge in [-0.15, -0.1) is 0 Å². The van der Waals surface area contributed by atoms with Crippen molar-refractivity contribution in [1.29, 1.82) is 0 Å². The third kappa shape index (κ3) is 4.90. The SMILES string of the molecule is C/C(=C/C(O)=C(\C)Cl)N(C=O)c1cc(-c2ccnc(C(C)O)n2)ncc1C. The lowest BCUT2D eigenvalue weighted by molar-refractivity contribution is -0.107. The van der Waals surface area contributed by atoms with Crippen molar-refractivity contribution in [1.82, 2.24) is 15.0 Å². The largest absolute Gasteiger partial charge is 0.507 e. The molecule has 27 heavy (non-hydrogen) atoms. The Kier molecular flexibility index (Phi) is 6.65. The summed E-state index contributed by atoms with van der Waals surface area (Å²) in [4.78, 5) is 25.8. The molecule has 0 fully saturated rings. The van der Waals surface area contributed by atoms with Crippen LogP contribution in [0.5, 0.6) is 0 Å². The van der Waals surface area contributed by atoms with Crippen molar-refractivity contribution >= 4 is 23.7 Å². The Morgan fingerprint density at radius 3 is 2.59 bits per heavy atom. The summed E-state index contributed by atoms with van der Waals surface area (Å²) in [6, 6.07) is 3.39. The molecule has 2 heterocycles. The highest BCUT2D eigenvalue weighted by Crippen LogP contribution is 2.27. The third-order valence-electron chi connectivity index (χ3n) is 3.83. The molecule has 0 aliphatic heterocycles. The van der Waals surface area contributed by atoms with Gasteiger partial charge in [0.2, 0.25) is 6.41 Å². The highest BCUT2D eigenvalue weighted by molar-refractivity contribution is 6.29.